The topological polar surface area (TPSA) is 79.5 Å². The largest absolute Gasteiger partial charge is 0.393 e. The summed E-state index contributed by atoms with van der Waals surface area (Å²) in [7, 11) is 1.67. The van der Waals surface area contributed by atoms with Gasteiger partial charge >= 0.3 is 0 Å². The smallest absolute Gasteiger partial charge is 0.272 e. The van der Waals surface area contributed by atoms with Crippen LogP contribution >= 0.6 is 12.2 Å². The van der Waals surface area contributed by atoms with Gasteiger partial charge in [0.25, 0.3) is 5.91 Å². The summed E-state index contributed by atoms with van der Waals surface area (Å²) >= 11 is 4.81. The second kappa shape index (κ2) is 6.42. The summed E-state index contributed by atoms with van der Waals surface area (Å²) < 4.78 is 0. The Balaban J connectivity index is 2.69. The molecular formula is C12H17N3O2S. The monoisotopic (exact) mass is 267 g/mol. The number of nitrogens with two attached hydrogens (primary N) is 1. The van der Waals surface area contributed by atoms with Crippen LogP contribution < -0.4 is 5.73 Å². The molecule has 0 aliphatic rings. The fourth-order valence-electron chi connectivity index (χ4n) is 1.34. The Hall–Kier alpha value is -1.53. The van der Waals surface area contributed by atoms with E-state index in [0.717, 1.165) is 0 Å². The van der Waals surface area contributed by atoms with Gasteiger partial charge in [-0.15, -0.1) is 0 Å². The molecule has 1 aromatic rings. The van der Waals surface area contributed by atoms with E-state index in [2.05, 4.69) is 4.98 Å². The first-order chi connectivity index (χ1) is 8.41. The Labute approximate surface area is 112 Å². The molecule has 1 aromatic heterocycles. The minimum Gasteiger partial charge on any atom is -0.393 e. The number of amides is 1. The summed E-state index contributed by atoms with van der Waals surface area (Å²) in [5, 5.41) is 9.17. The number of thiocarbonyl (C=S) groups is 1. The van der Waals surface area contributed by atoms with Crippen LogP contribution in [0.2, 0.25) is 0 Å². The number of pyridine rings is 1. The molecule has 1 atom stereocenters. The predicted molar refractivity (Wildman–Crippen MR) is 73.4 cm³/mol. The van der Waals surface area contributed by atoms with Gasteiger partial charge in [0.2, 0.25) is 0 Å². The number of aliphatic hydroxyl groups excluding tert-OH is 1. The highest BCUT2D eigenvalue weighted by Gasteiger charge is 2.13. The molecule has 1 rings (SSSR count). The number of rotatable bonds is 5. The minimum absolute atomic E-state index is 0.190. The Morgan fingerprint density at radius 3 is 2.72 bits per heavy atom. The number of aromatic nitrogens is 1. The van der Waals surface area contributed by atoms with Gasteiger partial charge in [-0.25, -0.2) is 0 Å². The lowest BCUT2D eigenvalue weighted by atomic mass is 10.2. The second-order valence-electron chi connectivity index (χ2n) is 4.16. The first-order valence-corrected chi connectivity index (χ1v) is 6.02. The number of hydrogen-bond acceptors (Lipinski definition) is 4. The van der Waals surface area contributed by atoms with Crippen LogP contribution in [0.1, 0.15) is 29.4 Å². The van der Waals surface area contributed by atoms with Gasteiger partial charge in [0.15, 0.2) is 0 Å². The maximum absolute atomic E-state index is 12.0. The van der Waals surface area contributed by atoms with Crippen molar-refractivity contribution in [1.29, 1.82) is 0 Å². The third-order valence-electron chi connectivity index (χ3n) is 2.50. The van der Waals surface area contributed by atoms with Crippen molar-refractivity contribution in [3.63, 3.8) is 0 Å². The molecule has 0 saturated heterocycles. The third kappa shape index (κ3) is 4.05. The molecule has 5 nitrogen and oxygen atoms in total. The quantitative estimate of drug-likeness (QED) is 0.762. The molecule has 0 aliphatic heterocycles. The number of nitrogens with zero attached hydrogens (tertiary/aromatic N) is 2. The van der Waals surface area contributed by atoms with Gasteiger partial charge in [0.05, 0.1) is 6.10 Å². The van der Waals surface area contributed by atoms with Gasteiger partial charge in [-0.3, -0.25) is 9.78 Å². The first kappa shape index (κ1) is 14.5. The minimum atomic E-state index is -0.426. The van der Waals surface area contributed by atoms with Crippen molar-refractivity contribution in [2.45, 2.75) is 19.4 Å². The van der Waals surface area contributed by atoms with Gasteiger partial charge < -0.3 is 15.7 Å². The van der Waals surface area contributed by atoms with E-state index in [4.69, 9.17) is 23.1 Å². The van der Waals surface area contributed by atoms with E-state index in [0.29, 0.717) is 24.2 Å². The van der Waals surface area contributed by atoms with Crippen molar-refractivity contribution in [2.75, 3.05) is 13.6 Å². The van der Waals surface area contributed by atoms with E-state index in [1.54, 1.807) is 26.1 Å². The zero-order chi connectivity index (χ0) is 13.7. The number of hydrogen-bond donors (Lipinski definition) is 2. The molecule has 1 unspecified atom stereocenters. The Kier molecular flexibility index (Phi) is 5.18. The van der Waals surface area contributed by atoms with E-state index in [1.807, 2.05) is 0 Å². The van der Waals surface area contributed by atoms with Crippen LogP contribution in [0, 0.1) is 0 Å². The summed E-state index contributed by atoms with van der Waals surface area (Å²) in [6.45, 7) is 2.17. The lowest BCUT2D eigenvalue weighted by molar-refractivity contribution is 0.0763. The van der Waals surface area contributed by atoms with Crippen LogP contribution in [0.5, 0.6) is 0 Å². The van der Waals surface area contributed by atoms with Crippen molar-refractivity contribution < 1.29 is 9.90 Å². The highest BCUT2D eigenvalue weighted by Crippen LogP contribution is 2.04. The molecule has 18 heavy (non-hydrogen) atoms. The van der Waals surface area contributed by atoms with Crippen LogP contribution in [0.3, 0.4) is 0 Å². The van der Waals surface area contributed by atoms with Crippen molar-refractivity contribution in [3.8, 4) is 0 Å². The lowest BCUT2D eigenvalue weighted by Gasteiger charge is -2.17. The van der Waals surface area contributed by atoms with E-state index in [9.17, 15) is 4.79 Å². The summed E-state index contributed by atoms with van der Waals surface area (Å²) in [5.74, 6) is -0.190. The normalized spacial score (nSPS) is 11.9. The highest BCUT2D eigenvalue weighted by molar-refractivity contribution is 7.80. The van der Waals surface area contributed by atoms with Gasteiger partial charge in [0, 0.05) is 25.4 Å². The van der Waals surface area contributed by atoms with E-state index in [-0.39, 0.29) is 10.9 Å². The molecule has 0 fully saturated rings. The van der Waals surface area contributed by atoms with Crippen molar-refractivity contribution in [1.82, 2.24) is 9.88 Å². The van der Waals surface area contributed by atoms with Gasteiger partial charge in [-0.1, -0.05) is 12.2 Å². The first-order valence-electron chi connectivity index (χ1n) is 5.61. The standard InChI is InChI=1S/C12H17N3O2S/c1-8(16)5-6-15(2)12(17)10-4-3-9(7-14-10)11(13)18/h3-4,7-8,16H,5-6H2,1-2H3,(H2,13,18). The summed E-state index contributed by atoms with van der Waals surface area (Å²) in [6, 6.07) is 3.26. The van der Waals surface area contributed by atoms with Crippen LogP contribution in [-0.2, 0) is 0 Å². The Bertz CT molecular complexity index is 431. The van der Waals surface area contributed by atoms with Gasteiger partial charge in [0.1, 0.15) is 10.7 Å². The molecule has 0 spiro atoms. The van der Waals surface area contributed by atoms with Gasteiger partial charge in [-0.05, 0) is 25.5 Å². The fraction of sp³-hybridized carbons (Fsp3) is 0.417. The molecule has 0 saturated carbocycles. The van der Waals surface area contributed by atoms with Crippen molar-refractivity contribution >= 4 is 23.1 Å². The maximum Gasteiger partial charge on any atom is 0.272 e. The molecule has 0 aliphatic carbocycles. The van der Waals surface area contributed by atoms with E-state index >= 15 is 0 Å². The zero-order valence-corrected chi connectivity index (χ0v) is 11.3. The highest BCUT2D eigenvalue weighted by atomic mass is 32.1. The molecule has 6 heteroatoms. The van der Waals surface area contributed by atoms with E-state index in [1.165, 1.54) is 11.1 Å². The molecule has 0 bridgehead atoms. The number of aliphatic hydroxyl groups is 1. The van der Waals surface area contributed by atoms with Crippen molar-refractivity contribution in [3.05, 3.63) is 29.6 Å². The van der Waals surface area contributed by atoms with Crippen LogP contribution in [-0.4, -0.2) is 45.6 Å². The van der Waals surface area contributed by atoms with Crippen LogP contribution in [0.4, 0.5) is 0 Å². The third-order valence-corrected chi connectivity index (χ3v) is 2.73. The Morgan fingerprint density at radius 1 is 1.61 bits per heavy atom. The molecular weight excluding hydrogens is 250 g/mol. The number of carbonyl (C=O) groups excluding carboxylic acids is 1. The van der Waals surface area contributed by atoms with Crippen LogP contribution in [0.15, 0.2) is 18.3 Å². The van der Waals surface area contributed by atoms with E-state index < -0.39 is 6.10 Å². The summed E-state index contributed by atoms with van der Waals surface area (Å²) in [4.78, 5) is 17.8. The summed E-state index contributed by atoms with van der Waals surface area (Å²) in [6.07, 6.45) is 1.59. The molecule has 1 amide bonds. The van der Waals surface area contributed by atoms with Crippen LogP contribution in [0.25, 0.3) is 0 Å². The average Bonchev–Trinajstić information content (AvgIpc) is 2.35. The molecule has 1 heterocycles. The lowest BCUT2D eigenvalue weighted by Crippen LogP contribution is -2.30. The Morgan fingerprint density at radius 2 is 2.28 bits per heavy atom. The average molecular weight is 267 g/mol. The maximum atomic E-state index is 12.0. The SMILES string of the molecule is CC(O)CCN(C)C(=O)c1ccc(C(N)=S)cn1. The summed E-state index contributed by atoms with van der Waals surface area (Å²) in [5.41, 5.74) is 6.42. The zero-order valence-electron chi connectivity index (χ0n) is 10.5. The van der Waals surface area contributed by atoms with Gasteiger partial charge in [-0.2, -0.15) is 0 Å². The molecule has 0 radical (unpaired) electrons. The molecule has 3 N–H and O–H groups in total. The van der Waals surface area contributed by atoms with Crippen molar-refractivity contribution in [2.24, 2.45) is 5.73 Å². The second-order valence-corrected chi connectivity index (χ2v) is 4.60. The molecule has 0 aromatic carbocycles. The molecule has 98 valence electrons. The predicted octanol–water partition coefficient (Wildman–Crippen LogP) is 0.559. The number of carbonyl (C=O) groups is 1. The fourth-order valence-corrected chi connectivity index (χ4v) is 1.46.